The molecule has 2 fully saturated rings. The highest BCUT2D eigenvalue weighted by atomic mass is 32.2. The molecular weight excluding hydrogens is 634 g/mol. The van der Waals surface area contributed by atoms with Crippen molar-refractivity contribution in [3.05, 3.63) is 89.7 Å². The molecule has 1 aromatic heterocycles. The van der Waals surface area contributed by atoms with Crippen molar-refractivity contribution >= 4 is 39.5 Å². The fourth-order valence-corrected chi connectivity index (χ4v) is 7.30. The first-order chi connectivity index (χ1) is 23.1. The van der Waals surface area contributed by atoms with E-state index in [1.807, 2.05) is 4.90 Å². The summed E-state index contributed by atoms with van der Waals surface area (Å²) in [6.07, 6.45) is 4.24. The number of nitrogens with two attached hydrogens (primary N) is 1. The number of carbonyl (C=O) groups is 3. The van der Waals surface area contributed by atoms with Gasteiger partial charge in [0.05, 0.1) is 5.75 Å². The Bertz CT molecular complexity index is 1680. The van der Waals surface area contributed by atoms with Crippen LogP contribution in [0.5, 0.6) is 0 Å². The number of piperazine rings is 1. The maximum absolute atomic E-state index is 14.0. The average Bonchev–Trinajstić information content (AvgIpc) is 3.60. The summed E-state index contributed by atoms with van der Waals surface area (Å²) in [4.78, 5) is 54.2. The fraction of sp³-hybridized carbons (Fsp3) is 0.394. The zero-order valence-electron chi connectivity index (χ0n) is 26.6. The van der Waals surface area contributed by atoms with Gasteiger partial charge in [0, 0.05) is 63.6 Å². The monoisotopic (exact) mass is 675 g/mol. The van der Waals surface area contributed by atoms with E-state index in [-0.39, 0.29) is 42.8 Å². The highest BCUT2D eigenvalue weighted by molar-refractivity contribution is 7.88. The van der Waals surface area contributed by atoms with Gasteiger partial charge in [-0.2, -0.15) is 0 Å². The molecule has 2 saturated heterocycles. The number of benzene rings is 2. The summed E-state index contributed by atoms with van der Waals surface area (Å²) in [6.45, 7) is 2.49. The Morgan fingerprint density at radius 2 is 1.60 bits per heavy atom. The molecule has 0 bridgehead atoms. The number of rotatable bonds is 13. The predicted molar refractivity (Wildman–Crippen MR) is 180 cm³/mol. The molecule has 3 aromatic rings. The largest absolute Gasteiger partial charge is 0.384 e. The van der Waals surface area contributed by atoms with Crippen LogP contribution in [0.2, 0.25) is 0 Å². The first-order valence-electron chi connectivity index (χ1n) is 15.9. The molecule has 2 atom stereocenters. The second kappa shape index (κ2) is 15.8. The molecule has 254 valence electrons. The molecule has 0 saturated carbocycles. The maximum atomic E-state index is 14.0. The summed E-state index contributed by atoms with van der Waals surface area (Å²) in [5.74, 6) is -0.857. The van der Waals surface area contributed by atoms with Gasteiger partial charge in [-0.15, -0.1) is 0 Å². The zero-order chi connectivity index (χ0) is 34.1. The summed E-state index contributed by atoms with van der Waals surface area (Å²) in [6, 6.07) is 15.3. The number of carbonyl (C=O) groups excluding carboxylic acids is 3. The Balaban J connectivity index is 1.24. The highest BCUT2D eigenvalue weighted by Crippen LogP contribution is 2.21. The number of hydrogen-bond acceptors (Lipinski definition) is 9. The Kier molecular flexibility index (Phi) is 11.3. The summed E-state index contributed by atoms with van der Waals surface area (Å²) in [5.41, 5.74) is 7.45. The Morgan fingerprint density at radius 3 is 2.27 bits per heavy atom. The van der Waals surface area contributed by atoms with Gasteiger partial charge in [0.2, 0.25) is 33.7 Å². The van der Waals surface area contributed by atoms with Gasteiger partial charge in [-0.1, -0.05) is 54.6 Å². The number of likely N-dealkylation sites (tertiary alicyclic amines) is 1. The highest BCUT2D eigenvalue weighted by Gasteiger charge is 2.38. The Hall–Kier alpha value is -4.89. The van der Waals surface area contributed by atoms with E-state index in [1.165, 1.54) is 4.90 Å². The molecule has 2 aromatic carbocycles. The lowest BCUT2D eigenvalue weighted by Gasteiger charge is -2.35. The molecule has 0 radical (unpaired) electrons. The molecule has 5 rings (SSSR count). The van der Waals surface area contributed by atoms with Crippen molar-refractivity contribution in [3.63, 3.8) is 0 Å². The van der Waals surface area contributed by atoms with E-state index in [0.717, 1.165) is 5.56 Å². The van der Waals surface area contributed by atoms with Crippen LogP contribution in [0.15, 0.2) is 73.1 Å². The van der Waals surface area contributed by atoms with E-state index in [2.05, 4.69) is 20.0 Å². The lowest BCUT2D eigenvalue weighted by atomic mass is 10.1. The number of sulfonamides is 1. The summed E-state index contributed by atoms with van der Waals surface area (Å²) < 4.78 is 29.1. The van der Waals surface area contributed by atoms with Crippen molar-refractivity contribution in [2.24, 2.45) is 5.73 Å². The van der Waals surface area contributed by atoms with Crippen molar-refractivity contribution in [3.8, 4) is 0 Å². The lowest BCUT2D eigenvalue weighted by Crippen LogP contribution is -2.54. The van der Waals surface area contributed by atoms with Crippen molar-refractivity contribution < 1.29 is 22.8 Å². The minimum absolute atomic E-state index is 0.0485. The average molecular weight is 676 g/mol. The molecule has 15 heteroatoms. The number of nitrogens with one attached hydrogen (secondary N) is 3. The van der Waals surface area contributed by atoms with Gasteiger partial charge >= 0.3 is 0 Å². The van der Waals surface area contributed by atoms with Crippen molar-refractivity contribution in [1.82, 2.24) is 29.8 Å². The molecule has 5 N–H and O–H groups in total. The van der Waals surface area contributed by atoms with Crippen molar-refractivity contribution in [1.29, 1.82) is 5.41 Å². The molecule has 14 nitrogen and oxygen atoms in total. The van der Waals surface area contributed by atoms with Crippen molar-refractivity contribution in [2.45, 2.75) is 50.1 Å². The van der Waals surface area contributed by atoms with Crippen LogP contribution in [0.3, 0.4) is 0 Å². The molecule has 48 heavy (non-hydrogen) atoms. The number of nitrogen functional groups attached to an aromatic ring is 1. The molecule has 3 heterocycles. The summed E-state index contributed by atoms with van der Waals surface area (Å²) in [5, 5.41) is 10.4. The van der Waals surface area contributed by atoms with Crippen LogP contribution in [0, 0.1) is 5.41 Å². The molecule has 0 unspecified atom stereocenters. The number of nitrogens with zero attached hydrogens (tertiary/aromatic N) is 5. The quantitative estimate of drug-likeness (QED) is 0.151. The third-order valence-corrected chi connectivity index (χ3v) is 9.86. The normalized spacial score (nSPS) is 17.2. The van der Waals surface area contributed by atoms with Crippen LogP contribution in [0.25, 0.3) is 0 Å². The molecule has 0 aliphatic carbocycles. The third kappa shape index (κ3) is 9.13. The third-order valence-electron chi connectivity index (χ3n) is 8.50. The van der Waals surface area contributed by atoms with Gasteiger partial charge in [-0.25, -0.2) is 23.1 Å². The number of aromatic nitrogens is 2. The Labute approximate surface area is 280 Å². The zero-order valence-corrected chi connectivity index (χ0v) is 27.4. The van der Waals surface area contributed by atoms with Crippen LogP contribution in [0.4, 0.5) is 5.95 Å². The van der Waals surface area contributed by atoms with Crippen molar-refractivity contribution in [2.75, 3.05) is 37.6 Å². The molecular formula is C33H41N9O5S. The topological polar surface area (TPSA) is 195 Å². The van der Waals surface area contributed by atoms with E-state index in [0.29, 0.717) is 62.6 Å². The summed E-state index contributed by atoms with van der Waals surface area (Å²) in [7, 11) is -3.98. The van der Waals surface area contributed by atoms with Crippen LogP contribution in [-0.4, -0.2) is 96.6 Å². The smallest absolute Gasteiger partial charge is 0.243 e. The number of anilines is 1. The second-order valence-corrected chi connectivity index (χ2v) is 13.6. The Morgan fingerprint density at radius 1 is 0.917 bits per heavy atom. The van der Waals surface area contributed by atoms with E-state index < -0.39 is 28.0 Å². The number of amides is 3. The molecule has 0 spiro atoms. The molecule has 2 aliphatic rings. The van der Waals surface area contributed by atoms with Gasteiger partial charge < -0.3 is 25.8 Å². The van der Waals surface area contributed by atoms with Crippen LogP contribution < -0.4 is 20.7 Å². The maximum Gasteiger partial charge on any atom is 0.243 e. The summed E-state index contributed by atoms with van der Waals surface area (Å²) >= 11 is 0. The first-order valence-corrected chi connectivity index (χ1v) is 17.6. The first kappa shape index (κ1) is 34.4. The minimum Gasteiger partial charge on any atom is -0.384 e. The number of hydrogen-bond donors (Lipinski definition) is 4. The minimum atomic E-state index is -3.98. The van der Waals surface area contributed by atoms with Gasteiger partial charge in [0.1, 0.15) is 17.9 Å². The van der Waals surface area contributed by atoms with E-state index >= 15 is 0 Å². The standard InChI is InChI=1S/C33H41N9O5S/c34-30(35)26-11-9-24(10-12-26)22-38-31(44)28-8-4-17-42(28)32(45)27(39-48(46,47)23-25-6-2-1-3-7-25)13-14-29(43)40-18-20-41(21-19-40)33-36-15-5-16-37-33/h1-3,5-7,9-12,15-16,27-28,39H,4,8,13-14,17-23H2,(H3,34,35)(H,38,44)/t27-,28+/m1/s1. The number of amidine groups is 1. The van der Waals surface area contributed by atoms with E-state index in [4.69, 9.17) is 11.1 Å². The predicted octanol–water partition coefficient (Wildman–Crippen LogP) is 0.985. The van der Waals surface area contributed by atoms with Gasteiger partial charge in [-0.3, -0.25) is 19.8 Å². The molecule has 2 aliphatic heterocycles. The van der Waals surface area contributed by atoms with Crippen LogP contribution in [0.1, 0.15) is 42.4 Å². The van der Waals surface area contributed by atoms with Crippen LogP contribution in [-0.2, 0) is 36.7 Å². The van der Waals surface area contributed by atoms with E-state index in [1.54, 1.807) is 78.0 Å². The fourth-order valence-electron chi connectivity index (χ4n) is 5.93. The second-order valence-electron chi connectivity index (χ2n) is 11.9. The van der Waals surface area contributed by atoms with E-state index in [9.17, 15) is 22.8 Å². The SMILES string of the molecule is N=C(N)c1ccc(CNC(=O)[C@@H]2CCCN2C(=O)[C@@H](CCC(=O)N2CCN(c3ncccn3)CC2)NS(=O)(=O)Cc2ccccc2)cc1. The molecule has 3 amide bonds. The van der Waals surface area contributed by atoms with Gasteiger partial charge in [-0.05, 0) is 36.5 Å². The lowest BCUT2D eigenvalue weighted by molar-refractivity contribution is -0.140. The van der Waals surface area contributed by atoms with Gasteiger partial charge in [0.25, 0.3) is 0 Å². The van der Waals surface area contributed by atoms with Crippen LogP contribution >= 0.6 is 0 Å². The van der Waals surface area contributed by atoms with Gasteiger partial charge in [0.15, 0.2) is 0 Å².